The maximum absolute atomic E-state index is 13.5. The van der Waals surface area contributed by atoms with Gasteiger partial charge in [-0.05, 0) is 37.8 Å². The predicted octanol–water partition coefficient (Wildman–Crippen LogP) is 4.61. The molecule has 2 aliphatic rings. The van der Waals surface area contributed by atoms with Gasteiger partial charge in [-0.25, -0.2) is 9.19 Å². The lowest BCUT2D eigenvalue weighted by Crippen LogP contribution is -2.36. The van der Waals surface area contributed by atoms with Gasteiger partial charge in [0.05, 0.1) is 17.0 Å². The van der Waals surface area contributed by atoms with Gasteiger partial charge in [0.1, 0.15) is 0 Å². The van der Waals surface area contributed by atoms with Gasteiger partial charge in [-0.3, -0.25) is 9.57 Å². The van der Waals surface area contributed by atoms with E-state index in [9.17, 15) is 22.2 Å². The van der Waals surface area contributed by atoms with Crippen LogP contribution in [-0.2, 0) is 14.5 Å². The highest BCUT2D eigenvalue weighted by molar-refractivity contribution is 7.92. The number of hydrogen-bond donors (Lipinski definition) is 3. The van der Waals surface area contributed by atoms with Crippen molar-refractivity contribution >= 4 is 39.1 Å². The quantitative estimate of drug-likeness (QED) is 0.467. The maximum atomic E-state index is 13.5. The highest BCUT2D eigenvalue weighted by atomic mass is 32.2. The van der Waals surface area contributed by atoms with E-state index in [1.54, 1.807) is 18.2 Å². The second kappa shape index (κ2) is 10.2. The first-order chi connectivity index (χ1) is 15.9. The zero-order valence-corrected chi connectivity index (χ0v) is 19.7. The first-order valence-electron chi connectivity index (χ1n) is 11.0. The number of alkyl halides is 3. The molecule has 1 aliphatic heterocycles. The zero-order valence-electron chi connectivity index (χ0n) is 18.8. The summed E-state index contributed by atoms with van der Waals surface area (Å²) >= 11 is 0. The van der Waals surface area contributed by atoms with E-state index >= 15 is 0 Å². The molecule has 2 heterocycles. The lowest BCUT2D eigenvalue weighted by Gasteiger charge is -2.27. The molecule has 0 radical (unpaired) electrons. The molecule has 34 heavy (non-hydrogen) atoms. The summed E-state index contributed by atoms with van der Waals surface area (Å²) in [6, 6.07) is 1.51. The van der Waals surface area contributed by atoms with Crippen molar-refractivity contribution in [2.24, 2.45) is 5.92 Å². The van der Waals surface area contributed by atoms with Crippen LogP contribution in [0.15, 0.2) is 31.9 Å². The Balaban J connectivity index is 1.88. The molecule has 184 valence electrons. The third-order valence-electron chi connectivity index (χ3n) is 5.84. The summed E-state index contributed by atoms with van der Waals surface area (Å²) in [4.78, 5) is 15.9. The van der Waals surface area contributed by atoms with Crippen molar-refractivity contribution in [3.63, 3.8) is 0 Å². The molecular weight excluding hydrogens is 465 g/mol. The minimum atomic E-state index is -4.69. The van der Waals surface area contributed by atoms with E-state index in [0.717, 1.165) is 12.8 Å². The van der Waals surface area contributed by atoms with Gasteiger partial charge in [0, 0.05) is 56.6 Å². The smallest absolute Gasteiger partial charge is 0.382 e. The Morgan fingerprint density at radius 3 is 2.44 bits per heavy atom. The van der Waals surface area contributed by atoms with Crippen LogP contribution in [0.1, 0.15) is 48.2 Å². The van der Waals surface area contributed by atoms with Crippen LogP contribution in [0, 0.1) is 10.7 Å². The van der Waals surface area contributed by atoms with Crippen molar-refractivity contribution < 1.29 is 22.2 Å². The molecule has 1 aliphatic carbocycles. The molecule has 1 aromatic rings. The fraction of sp³-hybridized carbons (Fsp3) is 0.417. The average molecular weight is 495 g/mol. The fourth-order valence-corrected chi connectivity index (χ4v) is 5.22. The number of rotatable bonds is 9. The lowest BCUT2D eigenvalue weighted by atomic mass is 9.97. The number of carbonyl (C=O) groups excluding carboxylic acids is 1. The lowest BCUT2D eigenvalue weighted by molar-refractivity contribution is -0.122. The predicted molar refractivity (Wildman–Crippen MR) is 130 cm³/mol. The first-order valence-corrected chi connectivity index (χ1v) is 12.9. The maximum Gasteiger partial charge on any atom is 0.417 e. The van der Waals surface area contributed by atoms with E-state index in [0.29, 0.717) is 24.1 Å². The topological polar surface area (TPSA) is 94.9 Å². The number of aromatic nitrogens is 1. The summed E-state index contributed by atoms with van der Waals surface area (Å²) in [6.07, 6.45) is 2.54. The van der Waals surface area contributed by atoms with Crippen LogP contribution < -0.4 is 10.6 Å². The summed E-state index contributed by atoms with van der Waals surface area (Å²) in [5, 5.41) is 5.97. The van der Waals surface area contributed by atoms with E-state index in [1.807, 2.05) is 0 Å². The fourth-order valence-electron chi connectivity index (χ4n) is 3.69. The molecule has 0 spiro atoms. The molecular formula is C24H29F3N4O2S. The van der Waals surface area contributed by atoms with E-state index in [2.05, 4.69) is 35.4 Å². The molecule has 0 bridgehead atoms. The molecule has 1 saturated carbocycles. The van der Waals surface area contributed by atoms with Crippen LogP contribution in [0.2, 0.25) is 0 Å². The molecule has 3 rings (SSSR count). The summed E-state index contributed by atoms with van der Waals surface area (Å²) in [6.45, 7) is 11.1. The van der Waals surface area contributed by atoms with Gasteiger partial charge < -0.3 is 10.6 Å². The number of nitrogens with one attached hydrogen (secondary N) is 3. The molecule has 3 N–H and O–H groups in total. The van der Waals surface area contributed by atoms with E-state index < -0.39 is 21.5 Å². The van der Waals surface area contributed by atoms with E-state index in [-0.39, 0.29) is 52.9 Å². The first kappa shape index (κ1) is 25.7. The minimum Gasteiger partial charge on any atom is -0.382 e. The number of allylic oxidation sites excluding steroid dienone is 1. The van der Waals surface area contributed by atoms with Crippen LogP contribution in [0.3, 0.4) is 0 Å². The van der Waals surface area contributed by atoms with Gasteiger partial charge in [-0.1, -0.05) is 31.9 Å². The van der Waals surface area contributed by atoms with Gasteiger partial charge in [-0.15, -0.1) is 0 Å². The van der Waals surface area contributed by atoms with Gasteiger partial charge in [0.2, 0.25) is 5.91 Å². The van der Waals surface area contributed by atoms with Crippen LogP contribution in [0.25, 0.3) is 23.4 Å². The van der Waals surface area contributed by atoms with Crippen molar-refractivity contribution in [2.75, 3.05) is 18.1 Å². The van der Waals surface area contributed by atoms with Crippen molar-refractivity contribution in [1.82, 2.24) is 15.6 Å². The largest absolute Gasteiger partial charge is 0.417 e. The third kappa shape index (κ3) is 6.59. The van der Waals surface area contributed by atoms with Crippen molar-refractivity contribution in [3.8, 4) is 0 Å². The molecule has 0 unspecified atom stereocenters. The molecule has 0 atom stereocenters. The summed E-state index contributed by atoms with van der Waals surface area (Å²) in [7, 11) is -2.56. The monoisotopic (exact) mass is 494 g/mol. The van der Waals surface area contributed by atoms with E-state index in [1.165, 1.54) is 6.08 Å². The normalized spacial score (nSPS) is 22.9. The van der Waals surface area contributed by atoms with Crippen LogP contribution in [-0.4, -0.2) is 45.4 Å². The SMILES string of the molecule is C=Cc1c(C(=C)NC2CCS(=N)(=O)CC2)cc(/C=C/CNC(=O)C2CC2)nc1C(=C)C(F)(F)F. The molecule has 1 amide bonds. The molecule has 2 fully saturated rings. The number of carbonyl (C=O) groups is 1. The minimum absolute atomic E-state index is 0.0342. The third-order valence-corrected chi connectivity index (χ3v) is 7.63. The Labute approximate surface area is 198 Å². The average Bonchev–Trinajstić information content (AvgIpc) is 3.61. The van der Waals surface area contributed by atoms with Crippen molar-refractivity contribution in [1.29, 1.82) is 4.78 Å². The van der Waals surface area contributed by atoms with Crippen LogP contribution in [0.5, 0.6) is 0 Å². The van der Waals surface area contributed by atoms with Gasteiger partial charge in [-0.2, -0.15) is 13.2 Å². The Morgan fingerprint density at radius 1 is 1.24 bits per heavy atom. The van der Waals surface area contributed by atoms with E-state index in [4.69, 9.17) is 4.78 Å². The molecule has 6 nitrogen and oxygen atoms in total. The number of amides is 1. The number of halogens is 3. The number of nitrogens with zero attached hydrogens (tertiary/aromatic N) is 1. The molecule has 1 saturated heterocycles. The van der Waals surface area contributed by atoms with Crippen molar-refractivity contribution in [3.05, 3.63) is 54.4 Å². The summed E-state index contributed by atoms with van der Waals surface area (Å²) in [5.41, 5.74) is -0.262. The molecule has 0 aromatic carbocycles. The standard InChI is InChI=1S/C24H29F3N4O2S/c1-4-20-21(16(3)30-18-9-12-34(28,33)13-10-18)14-19(31-22(20)15(2)24(25,26)27)6-5-11-29-23(32)17-7-8-17/h4-6,14,17-18,28,30H,1-3,7-13H2,(H,29,32)/b6-5+. The molecule has 10 heteroatoms. The highest BCUT2D eigenvalue weighted by Gasteiger charge is 2.36. The number of pyridine rings is 1. The summed E-state index contributed by atoms with van der Waals surface area (Å²) in [5.74, 6) is 0.552. The van der Waals surface area contributed by atoms with Gasteiger partial charge in [0.15, 0.2) is 0 Å². The van der Waals surface area contributed by atoms with Crippen molar-refractivity contribution in [2.45, 2.75) is 37.9 Å². The van der Waals surface area contributed by atoms with Gasteiger partial charge >= 0.3 is 6.18 Å². The Bertz CT molecular complexity index is 1120. The zero-order chi connectivity index (χ0) is 25.1. The Morgan fingerprint density at radius 2 is 1.88 bits per heavy atom. The highest BCUT2D eigenvalue weighted by Crippen LogP contribution is 2.36. The van der Waals surface area contributed by atoms with Crippen LogP contribution >= 0.6 is 0 Å². The second-order valence-corrected chi connectivity index (χ2v) is 11.0. The Hall–Kier alpha value is -2.88. The molecule has 1 aromatic heterocycles. The van der Waals surface area contributed by atoms with Gasteiger partial charge in [0.25, 0.3) is 0 Å². The number of hydrogen-bond acceptors (Lipinski definition) is 5. The second-order valence-electron chi connectivity index (χ2n) is 8.58. The Kier molecular flexibility index (Phi) is 7.70. The summed E-state index contributed by atoms with van der Waals surface area (Å²) < 4.78 is 60.2. The van der Waals surface area contributed by atoms with Crippen LogP contribution in [0.4, 0.5) is 13.2 Å².